The quantitative estimate of drug-likeness (QED) is 0.157. The van der Waals surface area contributed by atoms with Crippen molar-refractivity contribution < 1.29 is 0 Å². The van der Waals surface area contributed by atoms with Crippen LogP contribution in [0.25, 0.3) is 83.3 Å². The molecule has 0 saturated heterocycles. The minimum atomic E-state index is 0. The van der Waals surface area contributed by atoms with Gasteiger partial charge in [-0.1, -0.05) is 180 Å². The molecular weight excluding hydrogens is 649 g/mol. The molecule has 3 aliphatic carbocycles. The summed E-state index contributed by atoms with van der Waals surface area (Å²) in [5.41, 5.74) is 20.4. The Hall–Kier alpha value is -5.72. The summed E-state index contributed by atoms with van der Waals surface area (Å²) in [7, 11) is 0. The second-order valence-corrected chi connectivity index (χ2v) is 13.7. The first-order chi connectivity index (χ1) is 25.7. The molecule has 0 saturated carbocycles. The third-order valence-corrected chi connectivity index (χ3v) is 11.0. The van der Waals surface area contributed by atoms with Gasteiger partial charge in [-0.05, 0) is 145 Å². The summed E-state index contributed by atoms with van der Waals surface area (Å²) in [6.45, 7) is 10.6. The van der Waals surface area contributed by atoms with Gasteiger partial charge in [-0.15, -0.1) is 0 Å². The van der Waals surface area contributed by atoms with Crippen molar-refractivity contribution >= 4 is 38.8 Å². The molecule has 0 amide bonds. The van der Waals surface area contributed by atoms with Crippen LogP contribution in [0.4, 0.5) is 0 Å². The maximum atomic E-state index is 2.46. The topological polar surface area (TPSA) is 0 Å². The van der Waals surface area contributed by atoms with E-state index in [9.17, 15) is 0 Å². The van der Waals surface area contributed by atoms with Gasteiger partial charge >= 0.3 is 0 Å². The summed E-state index contributed by atoms with van der Waals surface area (Å²) in [6, 6.07) is 36.5. The standard InChI is InChI=1S/C50H40.C2H6.2CH4/c1-4-6-7-8-12-23-42-38-22-15-16-24-40(38)47(34-18-10-9-11-19-34)50-44-26-17-25-41-39(28-30-45(48(41)44)49(42)50)36-27-29-43-37-21-14-13-20-35(37)31-33(5-2)46(43)32(36)3;1-2;;/h4-12,15-30H,13-14,31H2,1-3H3;1-2H3;2*1H4/b6-4-,8-7-,23-12+,33-5-;;;. The lowest BCUT2D eigenvalue weighted by molar-refractivity contribution is 1.00. The fraction of sp³-hybridized carbons (Fsp3) is 0.185. The van der Waals surface area contributed by atoms with Crippen molar-refractivity contribution in [1.82, 2.24) is 0 Å². The van der Waals surface area contributed by atoms with Gasteiger partial charge in [0.2, 0.25) is 0 Å². The largest absolute Gasteiger partial charge is 0.0877 e. The Labute approximate surface area is 324 Å². The molecule has 0 aliphatic heterocycles. The molecule has 3 aliphatic rings. The highest BCUT2D eigenvalue weighted by Crippen LogP contribution is 2.57. The molecule has 0 heteroatoms. The van der Waals surface area contributed by atoms with Gasteiger partial charge in [0.1, 0.15) is 0 Å². The summed E-state index contributed by atoms with van der Waals surface area (Å²) in [6.07, 6.45) is 23.4. The lowest BCUT2D eigenvalue weighted by Crippen LogP contribution is -2.09. The van der Waals surface area contributed by atoms with Crippen LogP contribution >= 0.6 is 0 Å². The van der Waals surface area contributed by atoms with Crippen molar-refractivity contribution in [3.05, 3.63) is 173 Å². The van der Waals surface area contributed by atoms with Gasteiger partial charge < -0.3 is 0 Å². The normalized spacial score (nSPS) is 14.6. The van der Waals surface area contributed by atoms with Crippen LogP contribution in [0.3, 0.4) is 0 Å². The molecule has 6 aromatic rings. The molecule has 0 bridgehead atoms. The minimum Gasteiger partial charge on any atom is -0.0877 e. The van der Waals surface area contributed by atoms with Gasteiger partial charge in [-0.25, -0.2) is 0 Å². The first-order valence-electron chi connectivity index (χ1n) is 19.1. The molecule has 6 aromatic carbocycles. The van der Waals surface area contributed by atoms with E-state index in [1.54, 1.807) is 0 Å². The Balaban J connectivity index is 0.00000122. The Morgan fingerprint density at radius 1 is 0.519 bits per heavy atom. The van der Waals surface area contributed by atoms with Crippen molar-refractivity contribution in [3.63, 3.8) is 0 Å². The van der Waals surface area contributed by atoms with Crippen molar-refractivity contribution in [3.8, 4) is 44.5 Å². The van der Waals surface area contributed by atoms with Gasteiger partial charge in [0.25, 0.3) is 0 Å². The molecule has 9 rings (SSSR count). The highest BCUT2D eigenvalue weighted by Gasteiger charge is 2.31. The van der Waals surface area contributed by atoms with E-state index in [1.807, 2.05) is 13.8 Å². The first kappa shape index (κ1) is 38.0. The fourth-order valence-corrected chi connectivity index (χ4v) is 8.90. The van der Waals surface area contributed by atoms with Crippen LogP contribution in [0, 0.1) is 6.92 Å². The predicted molar refractivity (Wildman–Crippen MR) is 243 cm³/mol. The number of fused-ring (bicyclic) bond motifs is 7. The van der Waals surface area contributed by atoms with Gasteiger partial charge in [0.05, 0.1) is 0 Å². The maximum absolute atomic E-state index is 2.46. The van der Waals surface area contributed by atoms with E-state index in [-0.39, 0.29) is 14.9 Å². The summed E-state index contributed by atoms with van der Waals surface area (Å²) in [5, 5.41) is 5.24. The zero-order chi connectivity index (χ0) is 35.8. The zero-order valence-electron chi connectivity index (χ0n) is 31.1. The molecule has 0 nitrogen and oxygen atoms in total. The molecule has 0 N–H and O–H groups in total. The van der Waals surface area contributed by atoms with Gasteiger partial charge in [-0.2, -0.15) is 0 Å². The summed E-state index contributed by atoms with van der Waals surface area (Å²) >= 11 is 0. The highest BCUT2D eigenvalue weighted by atomic mass is 14.3. The van der Waals surface area contributed by atoms with E-state index in [2.05, 4.69) is 173 Å². The molecule has 0 heterocycles. The lowest BCUT2D eigenvalue weighted by Gasteiger charge is -2.29. The van der Waals surface area contributed by atoms with Crippen LogP contribution < -0.4 is 0 Å². The highest BCUT2D eigenvalue weighted by molar-refractivity contribution is 6.26. The van der Waals surface area contributed by atoms with Gasteiger partial charge in [-0.3, -0.25) is 0 Å². The number of rotatable bonds is 5. The SMILES string of the molecule is C.C.CC.C\C=C/C=C\C=C\c1c2c(c(-c3ccccc3)c3ccccc13)-c1cccc3c(-c4ccc5c(c4C)/C(=C\C)CC4=CCCC=C45)ccc-2c13. The van der Waals surface area contributed by atoms with Crippen molar-refractivity contribution in [2.45, 2.75) is 68.7 Å². The van der Waals surface area contributed by atoms with Crippen molar-refractivity contribution in [2.75, 3.05) is 0 Å². The average Bonchev–Trinajstić information content (AvgIpc) is 3.53. The van der Waals surface area contributed by atoms with E-state index in [1.165, 1.54) is 105 Å². The Morgan fingerprint density at radius 3 is 1.94 bits per heavy atom. The van der Waals surface area contributed by atoms with Crippen LogP contribution in [-0.2, 0) is 0 Å². The van der Waals surface area contributed by atoms with Crippen LogP contribution in [0.2, 0.25) is 0 Å². The molecule has 0 atom stereocenters. The first-order valence-corrected chi connectivity index (χ1v) is 19.1. The smallest absolute Gasteiger partial charge is 0.000763 e. The Morgan fingerprint density at radius 2 is 1.17 bits per heavy atom. The molecular formula is C54H54. The molecule has 0 unspecified atom stereocenters. The number of allylic oxidation sites excluding steroid dienone is 11. The van der Waals surface area contributed by atoms with Gasteiger partial charge in [0, 0.05) is 0 Å². The second kappa shape index (κ2) is 16.1. The third kappa shape index (κ3) is 6.05. The van der Waals surface area contributed by atoms with Crippen LogP contribution in [0.15, 0.2) is 151 Å². The van der Waals surface area contributed by atoms with Crippen LogP contribution in [-0.4, -0.2) is 0 Å². The summed E-state index contributed by atoms with van der Waals surface area (Å²) < 4.78 is 0. The monoisotopic (exact) mass is 702 g/mol. The van der Waals surface area contributed by atoms with Crippen LogP contribution in [0.5, 0.6) is 0 Å². The molecule has 0 fully saturated rings. The second-order valence-electron chi connectivity index (χ2n) is 13.7. The molecule has 0 aromatic heterocycles. The van der Waals surface area contributed by atoms with E-state index in [0.29, 0.717) is 0 Å². The summed E-state index contributed by atoms with van der Waals surface area (Å²) in [4.78, 5) is 0. The number of hydrogen-bond donors (Lipinski definition) is 0. The Bertz CT molecular complexity index is 2560. The zero-order valence-corrected chi connectivity index (χ0v) is 31.1. The minimum absolute atomic E-state index is 0. The fourth-order valence-electron chi connectivity index (χ4n) is 8.90. The predicted octanol–water partition coefficient (Wildman–Crippen LogP) is 16.6. The molecule has 270 valence electrons. The Kier molecular flexibility index (Phi) is 11.3. The number of benzene rings is 6. The maximum Gasteiger partial charge on any atom is -0.000763 e. The van der Waals surface area contributed by atoms with E-state index >= 15 is 0 Å². The van der Waals surface area contributed by atoms with E-state index in [0.717, 1.165) is 19.3 Å². The van der Waals surface area contributed by atoms with Crippen molar-refractivity contribution in [1.29, 1.82) is 0 Å². The lowest BCUT2D eigenvalue weighted by atomic mass is 9.74. The molecule has 54 heavy (non-hydrogen) atoms. The van der Waals surface area contributed by atoms with E-state index < -0.39 is 0 Å². The summed E-state index contributed by atoms with van der Waals surface area (Å²) in [5.74, 6) is 0. The van der Waals surface area contributed by atoms with E-state index in [4.69, 9.17) is 0 Å². The average molecular weight is 703 g/mol. The molecule has 0 radical (unpaired) electrons. The third-order valence-electron chi connectivity index (χ3n) is 11.0. The van der Waals surface area contributed by atoms with Crippen LogP contribution in [0.1, 0.15) is 84.1 Å². The molecule has 0 spiro atoms. The number of hydrogen-bond acceptors (Lipinski definition) is 0. The van der Waals surface area contributed by atoms with Gasteiger partial charge in [0.15, 0.2) is 0 Å². The van der Waals surface area contributed by atoms with Crippen molar-refractivity contribution in [2.24, 2.45) is 0 Å².